The third-order valence-corrected chi connectivity index (χ3v) is 4.18. The molecule has 3 rings (SSSR count). The largest absolute Gasteiger partial charge is 0.383 e. The number of hydrogen-bond donors (Lipinski definition) is 3. The second-order valence-corrected chi connectivity index (χ2v) is 5.92. The van der Waals surface area contributed by atoms with Crippen molar-refractivity contribution in [1.82, 2.24) is 20.4 Å². The quantitative estimate of drug-likeness (QED) is 0.769. The number of nitrogens with zero attached hydrogens (tertiary/aromatic N) is 2. The molecule has 126 valence electrons. The van der Waals surface area contributed by atoms with E-state index in [0.717, 1.165) is 31.4 Å². The Morgan fingerprint density at radius 1 is 1.21 bits per heavy atom. The number of carbonyl (C=O) groups excluding carboxylic acids is 2. The van der Waals surface area contributed by atoms with Crippen LogP contribution in [0.5, 0.6) is 0 Å². The fourth-order valence-electron chi connectivity index (χ4n) is 2.91. The highest BCUT2D eigenvalue weighted by molar-refractivity contribution is 6.00. The van der Waals surface area contributed by atoms with Gasteiger partial charge in [-0.15, -0.1) is 0 Å². The molecule has 0 spiro atoms. The lowest BCUT2D eigenvalue weighted by Gasteiger charge is -2.12. The first-order chi connectivity index (χ1) is 11.6. The number of rotatable bonds is 5. The Morgan fingerprint density at radius 3 is 2.62 bits per heavy atom. The van der Waals surface area contributed by atoms with Crippen LogP contribution in [0, 0.1) is 0 Å². The summed E-state index contributed by atoms with van der Waals surface area (Å²) in [6.45, 7) is -0.0642. The molecule has 7 heteroatoms. The van der Waals surface area contributed by atoms with Crippen molar-refractivity contribution in [1.29, 1.82) is 0 Å². The molecule has 1 aromatic heterocycles. The average molecular weight is 327 g/mol. The summed E-state index contributed by atoms with van der Waals surface area (Å²) in [5.74, 6) is -0.338. The number of aromatic nitrogens is 2. The van der Waals surface area contributed by atoms with E-state index in [9.17, 15) is 9.59 Å². The summed E-state index contributed by atoms with van der Waals surface area (Å²) >= 11 is 0. The highest BCUT2D eigenvalue weighted by Crippen LogP contribution is 2.18. The van der Waals surface area contributed by atoms with Crippen LogP contribution in [0.1, 0.15) is 36.0 Å². The van der Waals surface area contributed by atoms with Crippen LogP contribution in [-0.2, 0) is 4.79 Å². The monoisotopic (exact) mass is 327 g/mol. The van der Waals surface area contributed by atoms with Crippen molar-refractivity contribution in [3.63, 3.8) is 0 Å². The van der Waals surface area contributed by atoms with Crippen LogP contribution in [0.25, 0.3) is 5.69 Å². The molecule has 1 saturated carbocycles. The van der Waals surface area contributed by atoms with Crippen molar-refractivity contribution in [2.45, 2.75) is 31.7 Å². The van der Waals surface area contributed by atoms with Gasteiger partial charge in [-0.1, -0.05) is 31.0 Å². The number of anilines is 1. The lowest BCUT2D eigenvalue weighted by atomic mass is 10.2. The van der Waals surface area contributed by atoms with E-state index in [1.807, 2.05) is 30.3 Å². The minimum Gasteiger partial charge on any atom is -0.383 e. The van der Waals surface area contributed by atoms with E-state index in [-0.39, 0.29) is 29.9 Å². The van der Waals surface area contributed by atoms with Gasteiger partial charge in [-0.3, -0.25) is 9.59 Å². The second-order valence-electron chi connectivity index (χ2n) is 5.92. The van der Waals surface area contributed by atoms with Gasteiger partial charge < -0.3 is 16.4 Å². The lowest BCUT2D eigenvalue weighted by molar-refractivity contribution is -0.120. The molecule has 0 saturated heterocycles. The molecule has 4 N–H and O–H groups in total. The molecule has 1 aliphatic rings. The second kappa shape index (κ2) is 7.16. The van der Waals surface area contributed by atoms with Gasteiger partial charge in [0.15, 0.2) is 0 Å². The topological polar surface area (TPSA) is 102 Å². The Labute approximate surface area is 140 Å². The molecule has 2 amide bonds. The minimum atomic E-state index is -0.406. The predicted octanol–water partition coefficient (Wildman–Crippen LogP) is 1.24. The first-order valence-electron chi connectivity index (χ1n) is 8.11. The van der Waals surface area contributed by atoms with Crippen LogP contribution < -0.4 is 16.4 Å². The molecule has 2 aromatic rings. The number of nitrogens with two attached hydrogens (primary N) is 1. The highest BCUT2D eigenvalue weighted by atomic mass is 16.2. The Hall–Kier alpha value is -2.83. The summed E-state index contributed by atoms with van der Waals surface area (Å²) in [5, 5.41) is 9.67. The molecule has 0 atom stereocenters. The van der Waals surface area contributed by atoms with Gasteiger partial charge >= 0.3 is 0 Å². The average Bonchev–Trinajstić information content (AvgIpc) is 3.23. The maximum atomic E-state index is 12.2. The van der Waals surface area contributed by atoms with Gasteiger partial charge in [0, 0.05) is 6.04 Å². The Bertz CT molecular complexity index is 720. The standard InChI is InChI=1S/C17H21N5O2/c18-16-14(10-20-22(16)13-8-2-1-3-9-13)17(24)19-11-15(23)21-12-6-4-5-7-12/h1-3,8-10,12H,4-7,11,18H2,(H,19,24)(H,21,23). The molecule has 24 heavy (non-hydrogen) atoms. The molecule has 7 nitrogen and oxygen atoms in total. The van der Waals surface area contributed by atoms with Crippen LogP contribution in [0.3, 0.4) is 0 Å². The smallest absolute Gasteiger partial charge is 0.257 e. The molecule has 1 aromatic carbocycles. The van der Waals surface area contributed by atoms with Crippen molar-refractivity contribution in [2.24, 2.45) is 0 Å². The van der Waals surface area contributed by atoms with Crippen LogP contribution in [0.4, 0.5) is 5.82 Å². The van der Waals surface area contributed by atoms with Gasteiger partial charge in [0.1, 0.15) is 11.4 Å². The molecule has 1 heterocycles. The van der Waals surface area contributed by atoms with Crippen LogP contribution >= 0.6 is 0 Å². The summed E-state index contributed by atoms with van der Waals surface area (Å²) < 4.78 is 1.49. The maximum Gasteiger partial charge on any atom is 0.257 e. The summed E-state index contributed by atoms with van der Waals surface area (Å²) in [4.78, 5) is 24.1. The number of amides is 2. The fourth-order valence-corrected chi connectivity index (χ4v) is 2.91. The van der Waals surface area contributed by atoms with E-state index >= 15 is 0 Å². The van der Waals surface area contributed by atoms with Gasteiger partial charge in [-0.2, -0.15) is 5.10 Å². The van der Waals surface area contributed by atoms with E-state index in [0.29, 0.717) is 0 Å². The van der Waals surface area contributed by atoms with Crippen LogP contribution in [0.15, 0.2) is 36.5 Å². The Balaban J connectivity index is 1.59. The first-order valence-corrected chi connectivity index (χ1v) is 8.11. The number of nitrogen functional groups attached to an aromatic ring is 1. The molecular formula is C17H21N5O2. The molecule has 0 radical (unpaired) electrons. The third-order valence-electron chi connectivity index (χ3n) is 4.18. The Kier molecular flexibility index (Phi) is 4.79. The number of hydrogen-bond acceptors (Lipinski definition) is 4. The van der Waals surface area contributed by atoms with Gasteiger partial charge in [0.05, 0.1) is 18.4 Å². The maximum absolute atomic E-state index is 12.2. The number of benzene rings is 1. The number of nitrogens with one attached hydrogen (secondary N) is 2. The minimum absolute atomic E-state index is 0.0642. The van der Waals surface area contributed by atoms with Crippen molar-refractivity contribution in [3.05, 3.63) is 42.1 Å². The highest BCUT2D eigenvalue weighted by Gasteiger charge is 2.19. The van der Waals surface area contributed by atoms with E-state index in [4.69, 9.17) is 5.73 Å². The van der Waals surface area contributed by atoms with Crippen LogP contribution in [0.2, 0.25) is 0 Å². The van der Waals surface area contributed by atoms with E-state index in [2.05, 4.69) is 15.7 Å². The lowest BCUT2D eigenvalue weighted by Crippen LogP contribution is -2.41. The molecule has 0 unspecified atom stereocenters. The zero-order valence-corrected chi connectivity index (χ0v) is 13.4. The van der Waals surface area contributed by atoms with Crippen molar-refractivity contribution >= 4 is 17.6 Å². The van der Waals surface area contributed by atoms with Gasteiger partial charge in [-0.05, 0) is 25.0 Å². The Morgan fingerprint density at radius 2 is 1.92 bits per heavy atom. The summed E-state index contributed by atoms with van der Waals surface area (Å²) in [5.41, 5.74) is 7.04. The van der Waals surface area contributed by atoms with Crippen molar-refractivity contribution in [2.75, 3.05) is 12.3 Å². The van der Waals surface area contributed by atoms with E-state index in [1.165, 1.54) is 10.9 Å². The van der Waals surface area contributed by atoms with E-state index in [1.54, 1.807) is 0 Å². The normalized spacial score (nSPS) is 14.5. The summed E-state index contributed by atoms with van der Waals surface area (Å²) in [6.07, 6.45) is 5.72. The van der Waals surface area contributed by atoms with Gasteiger partial charge in [0.25, 0.3) is 5.91 Å². The third kappa shape index (κ3) is 3.56. The predicted molar refractivity (Wildman–Crippen MR) is 90.7 cm³/mol. The van der Waals surface area contributed by atoms with Crippen LogP contribution in [-0.4, -0.2) is 34.2 Å². The molecule has 0 aliphatic heterocycles. The zero-order valence-electron chi connectivity index (χ0n) is 13.4. The van der Waals surface area contributed by atoms with E-state index < -0.39 is 5.91 Å². The molecule has 1 aliphatic carbocycles. The SMILES string of the molecule is Nc1c(C(=O)NCC(=O)NC2CCCC2)cnn1-c1ccccc1. The van der Waals surface area contributed by atoms with Gasteiger partial charge in [0.2, 0.25) is 5.91 Å². The summed E-state index contributed by atoms with van der Waals surface area (Å²) in [7, 11) is 0. The number of para-hydroxylation sites is 1. The van der Waals surface area contributed by atoms with Gasteiger partial charge in [-0.25, -0.2) is 4.68 Å². The first kappa shape index (κ1) is 16.0. The molecule has 0 bridgehead atoms. The van der Waals surface area contributed by atoms with Crippen molar-refractivity contribution in [3.8, 4) is 5.69 Å². The number of carbonyl (C=O) groups is 2. The summed E-state index contributed by atoms with van der Waals surface area (Å²) in [6, 6.07) is 9.55. The molecule has 1 fully saturated rings. The fraction of sp³-hybridized carbons (Fsp3) is 0.353. The van der Waals surface area contributed by atoms with Crippen molar-refractivity contribution < 1.29 is 9.59 Å². The molecular weight excluding hydrogens is 306 g/mol. The zero-order chi connectivity index (χ0) is 16.9.